The Morgan fingerprint density at radius 1 is 1.12 bits per heavy atom. The fourth-order valence-electron chi connectivity index (χ4n) is 2.50. The number of hydrogen-bond donors (Lipinski definition) is 6. The van der Waals surface area contributed by atoms with Crippen molar-refractivity contribution in [1.82, 2.24) is 5.32 Å². The number of nitrogens with one attached hydrogen (secondary N) is 1. The summed E-state index contributed by atoms with van der Waals surface area (Å²) < 4.78 is 9.83. The highest BCUT2D eigenvalue weighted by atomic mass is 16.7. The van der Waals surface area contributed by atoms with Crippen LogP contribution in [0.25, 0.3) is 0 Å². The van der Waals surface area contributed by atoms with Gasteiger partial charge in [-0.05, 0) is 5.56 Å². The maximum absolute atomic E-state index is 12.0. The molecule has 1 aromatic rings. The van der Waals surface area contributed by atoms with Crippen LogP contribution < -0.4 is 5.32 Å². The van der Waals surface area contributed by atoms with Gasteiger partial charge in [-0.25, -0.2) is 9.59 Å². The summed E-state index contributed by atoms with van der Waals surface area (Å²) in [7, 11) is 0. The third kappa shape index (κ3) is 4.90. The summed E-state index contributed by atoms with van der Waals surface area (Å²) in [5.41, 5.74) is 0.674. The average molecular weight is 371 g/mol. The van der Waals surface area contributed by atoms with Gasteiger partial charge >= 0.3 is 12.1 Å². The number of aliphatic hydroxyl groups is 4. The van der Waals surface area contributed by atoms with Crippen molar-refractivity contribution in [3.05, 3.63) is 35.9 Å². The lowest BCUT2D eigenvalue weighted by atomic mass is 9.99. The number of aliphatic hydroxyl groups excluding tert-OH is 4. The lowest BCUT2D eigenvalue weighted by Crippen LogP contribution is -2.60. The molecule has 144 valence electrons. The first-order chi connectivity index (χ1) is 12.3. The minimum Gasteiger partial charge on any atom is -0.480 e. The summed E-state index contributed by atoms with van der Waals surface area (Å²) in [4.78, 5) is 23.3. The Labute approximate surface area is 148 Å². The van der Waals surface area contributed by atoms with E-state index in [1.54, 1.807) is 30.3 Å². The Morgan fingerprint density at radius 2 is 1.77 bits per heavy atom. The quantitative estimate of drug-likeness (QED) is 0.338. The van der Waals surface area contributed by atoms with E-state index in [4.69, 9.17) is 14.6 Å². The molecule has 0 saturated carbocycles. The maximum Gasteiger partial charge on any atom is 0.410 e. The molecule has 0 radical (unpaired) electrons. The number of carbonyl (C=O) groups excluding carboxylic acids is 1. The summed E-state index contributed by atoms with van der Waals surface area (Å²) in [6, 6.07) is 7.30. The number of amides is 1. The van der Waals surface area contributed by atoms with E-state index in [0.717, 1.165) is 0 Å². The van der Waals surface area contributed by atoms with E-state index in [-0.39, 0.29) is 6.42 Å². The molecule has 26 heavy (non-hydrogen) atoms. The molecule has 1 aliphatic rings. The van der Waals surface area contributed by atoms with Crippen molar-refractivity contribution in [1.29, 1.82) is 0 Å². The standard InChI is InChI=1S/C16H21NO9/c18-7-10-11(19)12(20)13(21)15(25-10)26-16(24)17-9(14(22)23)6-8-4-2-1-3-5-8/h1-5,9-13,15,18-21H,6-7H2,(H,17,24)(H,22,23). The van der Waals surface area contributed by atoms with Crippen LogP contribution in [0.1, 0.15) is 5.56 Å². The second-order valence-electron chi connectivity index (χ2n) is 5.83. The molecule has 0 aromatic heterocycles. The van der Waals surface area contributed by atoms with E-state index < -0.39 is 55.4 Å². The number of ether oxygens (including phenoxy) is 2. The van der Waals surface area contributed by atoms with Crippen molar-refractivity contribution in [2.45, 2.75) is 43.2 Å². The summed E-state index contributed by atoms with van der Waals surface area (Å²) in [5.74, 6) is -1.29. The van der Waals surface area contributed by atoms with Gasteiger partial charge < -0.3 is 40.3 Å². The van der Waals surface area contributed by atoms with Crippen molar-refractivity contribution in [3.63, 3.8) is 0 Å². The predicted octanol–water partition coefficient (Wildman–Crippen LogP) is -1.79. The van der Waals surface area contributed by atoms with Crippen LogP contribution in [0.2, 0.25) is 0 Å². The largest absolute Gasteiger partial charge is 0.480 e. The molecule has 1 aromatic carbocycles. The van der Waals surface area contributed by atoms with Crippen LogP contribution in [-0.2, 0) is 20.7 Å². The second-order valence-corrected chi connectivity index (χ2v) is 5.83. The minimum atomic E-state index is -1.77. The van der Waals surface area contributed by atoms with Crippen molar-refractivity contribution in [2.24, 2.45) is 0 Å². The lowest BCUT2D eigenvalue weighted by Gasteiger charge is -2.39. The van der Waals surface area contributed by atoms with E-state index in [1.165, 1.54) is 0 Å². The topological polar surface area (TPSA) is 166 Å². The normalized spacial score (nSPS) is 29.6. The van der Waals surface area contributed by atoms with Crippen LogP contribution in [0.15, 0.2) is 30.3 Å². The fraction of sp³-hybridized carbons (Fsp3) is 0.500. The van der Waals surface area contributed by atoms with E-state index in [9.17, 15) is 30.0 Å². The highest BCUT2D eigenvalue weighted by Crippen LogP contribution is 2.22. The lowest BCUT2D eigenvalue weighted by molar-refractivity contribution is -0.285. The molecule has 1 saturated heterocycles. The van der Waals surface area contributed by atoms with Gasteiger partial charge in [0.1, 0.15) is 30.5 Å². The van der Waals surface area contributed by atoms with Gasteiger partial charge in [0.05, 0.1) is 6.61 Å². The summed E-state index contributed by atoms with van der Waals surface area (Å²) in [6.07, 6.45) is -9.20. The van der Waals surface area contributed by atoms with Gasteiger partial charge in [0.15, 0.2) is 0 Å². The zero-order chi connectivity index (χ0) is 19.3. The molecule has 1 fully saturated rings. The van der Waals surface area contributed by atoms with Crippen LogP contribution in [0, 0.1) is 0 Å². The average Bonchev–Trinajstić information content (AvgIpc) is 2.62. The van der Waals surface area contributed by atoms with Gasteiger partial charge in [-0.3, -0.25) is 0 Å². The van der Waals surface area contributed by atoms with Crippen LogP contribution in [0.5, 0.6) is 0 Å². The molecule has 1 heterocycles. The van der Waals surface area contributed by atoms with Gasteiger partial charge in [-0.15, -0.1) is 0 Å². The molecular weight excluding hydrogens is 350 g/mol. The first-order valence-electron chi connectivity index (χ1n) is 7.88. The Hall–Kier alpha value is -2.24. The maximum atomic E-state index is 12.0. The molecule has 1 aliphatic heterocycles. The van der Waals surface area contributed by atoms with E-state index in [1.807, 2.05) is 0 Å². The Bertz CT molecular complexity index is 609. The SMILES string of the molecule is O=C(NC(Cc1ccccc1)C(=O)O)OC1OC(CO)C(O)C(O)C1O. The van der Waals surface area contributed by atoms with Crippen LogP contribution in [0.3, 0.4) is 0 Å². The predicted molar refractivity (Wildman–Crippen MR) is 85.0 cm³/mol. The summed E-state index contributed by atoms with van der Waals surface area (Å²) >= 11 is 0. The summed E-state index contributed by atoms with van der Waals surface area (Å²) in [5, 5.41) is 49.6. The fourth-order valence-corrected chi connectivity index (χ4v) is 2.50. The molecule has 6 unspecified atom stereocenters. The number of rotatable bonds is 6. The molecule has 10 nitrogen and oxygen atoms in total. The van der Waals surface area contributed by atoms with Gasteiger partial charge in [0.25, 0.3) is 0 Å². The van der Waals surface area contributed by atoms with Crippen molar-refractivity contribution in [3.8, 4) is 0 Å². The summed E-state index contributed by atoms with van der Waals surface area (Å²) in [6.45, 7) is -0.682. The molecular formula is C16H21NO9. The monoisotopic (exact) mass is 371 g/mol. The molecule has 0 aliphatic carbocycles. The molecule has 2 rings (SSSR count). The molecule has 1 amide bonds. The molecule has 0 spiro atoms. The van der Waals surface area contributed by atoms with Gasteiger partial charge in [-0.1, -0.05) is 30.3 Å². The highest BCUT2D eigenvalue weighted by Gasteiger charge is 2.45. The van der Waals surface area contributed by atoms with Crippen molar-refractivity contribution in [2.75, 3.05) is 6.61 Å². The highest BCUT2D eigenvalue weighted by molar-refractivity contribution is 5.80. The number of carboxylic acid groups (broad SMARTS) is 1. The van der Waals surface area contributed by atoms with E-state index in [0.29, 0.717) is 5.56 Å². The van der Waals surface area contributed by atoms with Crippen LogP contribution >= 0.6 is 0 Å². The first kappa shape index (κ1) is 20.1. The van der Waals surface area contributed by atoms with Gasteiger partial charge in [0.2, 0.25) is 6.29 Å². The van der Waals surface area contributed by atoms with Crippen molar-refractivity contribution >= 4 is 12.1 Å². The Kier molecular flexibility index (Phi) is 6.89. The molecule has 0 bridgehead atoms. The number of hydrogen-bond acceptors (Lipinski definition) is 8. The molecule has 6 N–H and O–H groups in total. The zero-order valence-electron chi connectivity index (χ0n) is 13.6. The number of aliphatic carboxylic acids is 1. The Morgan fingerprint density at radius 3 is 2.35 bits per heavy atom. The first-order valence-corrected chi connectivity index (χ1v) is 7.88. The third-order valence-electron chi connectivity index (χ3n) is 3.94. The zero-order valence-corrected chi connectivity index (χ0v) is 13.6. The molecule has 10 heteroatoms. The van der Waals surface area contributed by atoms with E-state index >= 15 is 0 Å². The number of carbonyl (C=O) groups is 2. The third-order valence-corrected chi connectivity index (χ3v) is 3.94. The number of carboxylic acids is 1. The van der Waals surface area contributed by atoms with Crippen molar-refractivity contribution < 1.29 is 44.6 Å². The van der Waals surface area contributed by atoms with Crippen LogP contribution in [-0.4, -0.2) is 80.9 Å². The number of alkyl carbamates (subject to hydrolysis) is 1. The van der Waals surface area contributed by atoms with Crippen LogP contribution in [0.4, 0.5) is 4.79 Å². The smallest absolute Gasteiger partial charge is 0.410 e. The van der Waals surface area contributed by atoms with E-state index in [2.05, 4.69) is 5.32 Å². The number of benzene rings is 1. The molecule has 6 atom stereocenters. The van der Waals surface area contributed by atoms with Gasteiger partial charge in [0, 0.05) is 6.42 Å². The Balaban J connectivity index is 1.98. The minimum absolute atomic E-state index is 0.0000449. The van der Waals surface area contributed by atoms with Gasteiger partial charge in [-0.2, -0.15) is 0 Å². The second kappa shape index (κ2) is 8.92.